The summed E-state index contributed by atoms with van der Waals surface area (Å²) < 4.78 is 13.1. The minimum atomic E-state index is -0.391. The largest absolute Gasteiger partial charge is 0.391 e. The van der Waals surface area contributed by atoms with Crippen LogP contribution in [0.25, 0.3) is 16.7 Å². The third kappa shape index (κ3) is 3.64. The van der Waals surface area contributed by atoms with Gasteiger partial charge in [-0.05, 0) is 56.5 Å². The number of likely N-dealkylation sites (tertiary alicyclic amines) is 1. The number of rotatable bonds is 4. The summed E-state index contributed by atoms with van der Waals surface area (Å²) in [4.78, 5) is 14.2. The maximum atomic E-state index is 11.1. The Morgan fingerprint density at radius 2 is 1.86 bits per heavy atom. The fraction of sp³-hybridized carbons (Fsp3) is 0.577. The molecule has 0 amide bonds. The number of anilines is 1. The zero-order chi connectivity index (χ0) is 23.7. The Hall–Kier alpha value is -2.59. The lowest BCUT2D eigenvalue weighted by Crippen LogP contribution is -2.55. The highest BCUT2D eigenvalue weighted by Gasteiger charge is 2.40. The van der Waals surface area contributed by atoms with E-state index in [4.69, 9.17) is 24.5 Å². The van der Waals surface area contributed by atoms with Crippen LogP contribution in [0.3, 0.4) is 0 Å². The van der Waals surface area contributed by atoms with E-state index in [1.165, 1.54) is 11.1 Å². The van der Waals surface area contributed by atoms with Gasteiger partial charge in [-0.2, -0.15) is 5.10 Å². The van der Waals surface area contributed by atoms with Gasteiger partial charge in [-0.15, -0.1) is 0 Å². The Balaban J connectivity index is 1.22. The topological polar surface area (TPSA) is 88.8 Å². The summed E-state index contributed by atoms with van der Waals surface area (Å²) in [5, 5.41) is 16.9. The number of β-amino-alcohol motifs (C(OH)–C–C–N with tert-alkyl or cyclic N) is 1. The van der Waals surface area contributed by atoms with Crippen molar-refractivity contribution in [2.75, 3.05) is 44.4 Å². The molecule has 2 aromatic heterocycles. The molecule has 9 heteroatoms. The van der Waals surface area contributed by atoms with Crippen LogP contribution in [0.1, 0.15) is 35.7 Å². The van der Waals surface area contributed by atoms with Gasteiger partial charge in [0, 0.05) is 30.5 Å². The number of fused-ring (bicyclic) bond motifs is 3. The van der Waals surface area contributed by atoms with Gasteiger partial charge in [-0.25, -0.2) is 14.6 Å². The van der Waals surface area contributed by atoms with Gasteiger partial charge >= 0.3 is 0 Å². The maximum Gasteiger partial charge on any atom is 0.159 e. The van der Waals surface area contributed by atoms with Crippen LogP contribution in [0.2, 0.25) is 0 Å². The molecule has 4 unspecified atom stereocenters. The van der Waals surface area contributed by atoms with Crippen molar-refractivity contribution in [1.29, 1.82) is 0 Å². The van der Waals surface area contributed by atoms with Crippen molar-refractivity contribution in [1.82, 2.24) is 24.6 Å². The molecular weight excluding hydrogens is 444 g/mol. The van der Waals surface area contributed by atoms with Crippen LogP contribution < -0.4 is 4.90 Å². The van der Waals surface area contributed by atoms with Crippen molar-refractivity contribution in [2.24, 2.45) is 0 Å². The molecule has 4 aliphatic heterocycles. The quantitative estimate of drug-likeness (QED) is 0.612. The third-order valence-electron chi connectivity index (χ3n) is 8.33. The van der Waals surface area contributed by atoms with E-state index in [-0.39, 0.29) is 5.92 Å². The molecule has 184 valence electrons. The average molecular weight is 477 g/mol. The lowest BCUT2D eigenvalue weighted by atomic mass is 9.83. The first-order chi connectivity index (χ1) is 17.0. The lowest BCUT2D eigenvalue weighted by molar-refractivity contribution is -0.0888. The maximum absolute atomic E-state index is 11.1. The molecule has 3 aromatic rings. The summed E-state index contributed by atoms with van der Waals surface area (Å²) in [5.74, 6) is 2.58. The predicted octanol–water partition coefficient (Wildman–Crippen LogP) is 1.96. The van der Waals surface area contributed by atoms with E-state index in [0.29, 0.717) is 24.7 Å². The number of ether oxygens (including phenoxy) is 2. The summed E-state index contributed by atoms with van der Waals surface area (Å²) in [6, 6.07) is 7.32. The van der Waals surface area contributed by atoms with E-state index in [2.05, 4.69) is 28.9 Å². The Bertz CT molecular complexity index is 1270. The summed E-state index contributed by atoms with van der Waals surface area (Å²) >= 11 is 0. The lowest BCUT2D eigenvalue weighted by Gasteiger charge is -2.43. The zero-order valence-electron chi connectivity index (χ0n) is 20.3. The Kier molecular flexibility index (Phi) is 5.10. The normalized spacial score (nSPS) is 29.3. The number of aryl methyl sites for hydroxylation is 2. The molecule has 0 aliphatic carbocycles. The van der Waals surface area contributed by atoms with Crippen LogP contribution in [0.4, 0.5) is 5.82 Å². The van der Waals surface area contributed by atoms with Crippen LogP contribution >= 0.6 is 0 Å². The number of aromatic nitrogens is 4. The minimum Gasteiger partial charge on any atom is -0.391 e. The smallest absolute Gasteiger partial charge is 0.159 e. The molecule has 9 nitrogen and oxygen atoms in total. The fourth-order valence-electron chi connectivity index (χ4n) is 6.34. The minimum absolute atomic E-state index is 0.114. The number of aliphatic hydroxyl groups is 1. The monoisotopic (exact) mass is 476 g/mol. The van der Waals surface area contributed by atoms with Crippen LogP contribution in [0.15, 0.2) is 24.4 Å². The molecule has 4 fully saturated rings. The van der Waals surface area contributed by atoms with Crippen molar-refractivity contribution in [3.8, 4) is 5.82 Å². The number of aliphatic hydroxyl groups excluding tert-OH is 1. The van der Waals surface area contributed by atoms with Crippen LogP contribution in [0, 0.1) is 13.8 Å². The van der Waals surface area contributed by atoms with Crippen LogP contribution in [-0.4, -0.2) is 93.5 Å². The zero-order valence-corrected chi connectivity index (χ0v) is 20.3. The van der Waals surface area contributed by atoms with Crippen molar-refractivity contribution in [3.63, 3.8) is 0 Å². The van der Waals surface area contributed by atoms with E-state index in [1.807, 2.05) is 23.9 Å². The molecule has 6 heterocycles. The van der Waals surface area contributed by atoms with Gasteiger partial charge in [-0.1, -0.05) is 0 Å². The van der Waals surface area contributed by atoms with Gasteiger partial charge < -0.3 is 19.5 Å². The van der Waals surface area contributed by atoms with E-state index in [0.717, 1.165) is 74.1 Å². The van der Waals surface area contributed by atoms with Crippen molar-refractivity contribution >= 4 is 16.7 Å². The highest BCUT2D eigenvalue weighted by Crippen LogP contribution is 2.36. The van der Waals surface area contributed by atoms with E-state index >= 15 is 0 Å². The molecule has 0 saturated carbocycles. The summed E-state index contributed by atoms with van der Waals surface area (Å²) in [6.45, 7) is 8.99. The molecule has 0 spiro atoms. The molecule has 4 aliphatic rings. The molecule has 35 heavy (non-hydrogen) atoms. The van der Waals surface area contributed by atoms with Gasteiger partial charge in [0.2, 0.25) is 0 Å². The second kappa shape index (κ2) is 8.23. The molecule has 7 rings (SSSR count). The van der Waals surface area contributed by atoms with E-state index in [1.54, 1.807) is 0 Å². The number of morpholine rings is 1. The highest BCUT2D eigenvalue weighted by molar-refractivity contribution is 5.82. The van der Waals surface area contributed by atoms with Gasteiger partial charge in [0.15, 0.2) is 5.82 Å². The summed E-state index contributed by atoms with van der Waals surface area (Å²) in [7, 11) is 0. The highest BCUT2D eigenvalue weighted by atomic mass is 16.5. The van der Waals surface area contributed by atoms with Crippen LogP contribution in [-0.2, 0) is 9.47 Å². The first-order valence-corrected chi connectivity index (χ1v) is 12.8. The molecule has 2 bridgehead atoms. The Labute approximate surface area is 204 Å². The molecule has 1 N–H and O–H groups in total. The van der Waals surface area contributed by atoms with Crippen molar-refractivity contribution in [2.45, 2.75) is 56.9 Å². The Morgan fingerprint density at radius 3 is 2.57 bits per heavy atom. The molecule has 0 radical (unpaired) electrons. The van der Waals surface area contributed by atoms with Gasteiger partial charge in [0.25, 0.3) is 0 Å². The van der Waals surface area contributed by atoms with Gasteiger partial charge in [0.05, 0.1) is 55.8 Å². The van der Waals surface area contributed by atoms with Gasteiger partial charge in [-0.3, -0.25) is 4.90 Å². The number of hydrogen-bond donors (Lipinski definition) is 1. The van der Waals surface area contributed by atoms with Crippen molar-refractivity contribution in [3.05, 3.63) is 41.3 Å². The SMILES string of the molecule is Cc1nc(N2CC3CC2CO3)cc(-n2ncc3cc(C)c(C4CCN(C5COC5)CC4O)cc32)n1. The second-order valence-electron chi connectivity index (χ2n) is 10.6. The Morgan fingerprint density at radius 1 is 1.00 bits per heavy atom. The number of piperidine rings is 1. The summed E-state index contributed by atoms with van der Waals surface area (Å²) in [6.07, 6.45) is 3.83. The number of nitrogens with zero attached hydrogens (tertiary/aromatic N) is 6. The fourth-order valence-corrected chi connectivity index (χ4v) is 6.34. The van der Waals surface area contributed by atoms with Crippen molar-refractivity contribution < 1.29 is 14.6 Å². The van der Waals surface area contributed by atoms with Gasteiger partial charge in [0.1, 0.15) is 11.6 Å². The molecular formula is C26H32N6O3. The number of hydrogen-bond acceptors (Lipinski definition) is 8. The van der Waals surface area contributed by atoms with Crippen LogP contribution in [0.5, 0.6) is 0 Å². The first kappa shape index (κ1) is 21.7. The number of benzene rings is 1. The third-order valence-corrected chi connectivity index (χ3v) is 8.33. The molecule has 4 saturated heterocycles. The predicted molar refractivity (Wildman–Crippen MR) is 131 cm³/mol. The molecule has 1 aromatic carbocycles. The van der Waals surface area contributed by atoms with E-state index in [9.17, 15) is 5.11 Å². The molecule has 4 atom stereocenters. The second-order valence-corrected chi connectivity index (χ2v) is 10.6. The standard InChI is InChI=1S/C26H32N6O3/c1-15-5-17-9-27-32(26-8-25(28-16(2)29-26)31-10-20-6-18(31)14-35-20)23(17)7-22(15)21-3-4-30(11-24(21)33)19-12-34-13-19/h5,7-9,18-21,24,33H,3-4,6,10-14H2,1-2H3. The van der Waals surface area contributed by atoms with E-state index < -0.39 is 6.10 Å². The average Bonchev–Trinajstić information content (AvgIpc) is 3.53. The summed E-state index contributed by atoms with van der Waals surface area (Å²) in [5.41, 5.74) is 3.42. The first-order valence-electron chi connectivity index (χ1n) is 12.8.